The van der Waals surface area contributed by atoms with Gasteiger partial charge in [0.1, 0.15) is 0 Å². The zero-order valence-electron chi connectivity index (χ0n) is 15.1. The first-order valence-corrected chi connectivity index (χ1v) is 8.30. The summed E-state index contributed by atoms with van der Waals surface area (Å²) in [6, 6.07) is 12.3. The second kappa shape index (κ2) is 8.66. The minimum absolute atomic E-state index is 0.870. The molecule has 0 atom stereocenters. The Morgan fingerprint density at radius 3 is 2.52 bits per heavy atom. The summed E-state index contributed by atoms with van der Waals surface area (Å²) in [6.07, 6.45) is 15.3. The SMILES string of the molecule is C#CC(=C\C)/C(=C/C)/C=C(\C=C)c1ccnc(-c2ccccc2C)c1. The molecule has 0 amide bonds. The number of hydrogen-bond donors (Lipinski definition) is 0. The molecule has 1 heterocycles. The van der Waals surface area contributed by atoms with Crippen molar-refractivity contribution in [1.82, 2.24) is 4.98 Å². The maximum atomic E-state index is 5.61. The minimum atomic E-state index is 0.870. The van der Waals surface area contributed by atoms with Gasteiger partial charge in [-0.2, -0.15) is 0 Å². The lowest BCUT2D eigenvalue weighted by Crippen LogP contribution is -1.91. The number of hydrogen-bond acceptors (Lipinski definition) is 1. The molecule has 0 bridgehead atoms. The maximum absolute atomic E-state index is 5.61. The van der Waals surface area contributed by atoms with Gasteiger partial charge in [0, 0.05) is 17.3 Å². The molecule has 0 radical (unpaired) electrons. The number of allylic oxidation sites excluding steroid dienone is 7. The molecule has 0 aliphatic carbocycles. The topological polar surface area (TPSA) is 12.9 Å². The summed E-state index contributed by atoms with van der Waals surface area (Å²) < 4.78 is 0. The van der Waals surface area contributed by atoms with E-state index in [1.54, 1.807) is 0 Å². The van der Waals surface area contributed by atoms with Crippen LogP contribution in [0.25, 0.3) is 16.8 Å². The van der Waals surface area contributed by atoms with Gasteiger partial charge in [-0.1, -0.05) is 55.0 Å². The molecule has 1 aromatic carbocycles. The molecule has 1 nitrogen and oxygen atoms in total. The molecule has 0 spiro atoms. The fraction of sp³-hybridized carbons (Fsp3) is 0.125. The lowest BCUT2D eigenvalue weighted by molar-refractivity contribution is 1.30. The predicted octanol–water partition coefficient (Wildman–Crippen LogP) is 6.15. The molecule has 2 aromatic rings. The quantitative estimate of drug-likeness (QED) is 0.474. The molecular formula is C24H23N. The smallest absolute Gasteiger partial charge is 0.0710 e. The first-order valence-electron chi connectivity index (χ1n) is 8.30. The molecule has 124 valence electrons. The van der Waals surface area contributed by atoms with Crippen molar-refractivity contribution in [2.75, 3.05) is 0 Å². The van der Waals surface area contributed by atoms with Crippen molar-refractivity contribution < 1.29 is 0 Å². The van der Waals surface area contributed by atoms with Crippen molar-refractivity contribution in [2.24, 2.45) is 0 Å². The monoisotopic (exact) mass is 325 g/mol. The van der Waals surface area contributed by atoms with Crippen molar-refractivity contribution in [1.29, 1.82) is 0 Å². The standard InChI is InChI=1S/C24H23N/c1-6-19(7-2)20(8-3)16-21(9-4)22-14-15-25-24(17-22)23-13-11-10-12-18(23)5/h1,7-17H,4H2,2-3,5H3/b19-7+,20-8+,21-16+. The predicted molar refractivity (Wildman–Crippen MR) is 109 cm³/mol. The Bertz CT molecular complexity index is 902. The average Bonchev–Trinajstić information content (AvgIpc) is 2.65. The molecule has 1 aromatic heterocycles. The molecule has 1 heteroatoms. The fourth-order valence-electron chi connectivity index (χ4n) is 2.70. The van der Waals surface area contributed by atoms with E-state index in [2.05, 4.69) is 48.7 Å². The molecule has 2 rings (SSSR count). The van der Waals surface area contributed by atoms with Crippen LogP contribution in [0.2, 0.25) is 0 Å². The molecule has 0 aliphatic heterocycles. The van der Waals surface area contributed by atoms with Crippen molar-refractivity contribution in [3.05, 3.63) is 95.8 Å². The van der Waals surface area contributed by atoms with Gasteiger partial charge in [-0.25, -0.2) is 0 Å². The summed E-state index contributed by atoms with van der Waals surface area (Å²) in [7, 11) is 0. The number of benzene rings is 1. The van der Waals surface area contributed by atoms with Crippen LogP contribution in [-0.2, 0) is 0 Å². The van der Waals surface area contributed by atoms with E-state index in [0.717, 1.165) is 33.5 Å². The van der Waals surface area contributed by atoms with E-state index >= 15 is 0 Å². The molecular weight excluding hydrogens is 302 g/mol. The third-order valence-corrected chi connectivity index (χ3v) is 4.11. The van der Waals surface area contributed by atoms with Gasteiger partial charge in [-0.15, -0.1) is 6.42 Å². The third-order valence-electron chi connectivity index (χ3n) is 4.11. The van der Waals surface area contributed by atoms with Crippen LogP contribution in [0.4, 0.5) is 0 Å². The van der Waals surface area contributed by atoms with Crippen molar-refractivity contribution in [2.45, 2.75) is 20.8 Å². The van der Waals surface area contributed by atoms with E-state index in [-0.39, 0.29) is 0 Å². The van der Waals surface area contributed by atoms with Crippen LogP contribution in [0.5, 0.6) is 0 Å². The number of aromatic nitrogens is 1. The number of pyridine rings is 1. The number of nitrogens with zero attached hydrogens (tertiary/aromatic N) is 1. The van der Waals surface area contributed by atoms with E-state index in [0.29, 0.717) is 0 Å². The van der Waals surface area contributed by atoms with Gasteiger partial charge >= 0.3 is 0 Å². The van der Waals surface area contributed by atoms with Crippen LogP contribution < -0.4 is 0 Å². The van der Waals surface area contributed by atoms with Gasteiger partial charge in [0.15, 0.2) is 0 Å². The van der Waals surface area contributed by atoms with Gasteiger partial charge in [-0.05, 0) is 61.3 Å². The molecule has 0 unspecified atom stereocenters. The first-order chi connectivity index (χ1) is 12.1. The van der Waals surface area contributed by atoms with E-state index in [4.69, 9.17) is 6.42 Å². The summed E-state index contributed by atoms with van der Waals surface area (Å²) in [5.41, 5.74) is 7.25. The van der Waals surface area contributed by atoms with Gasteiger partial charge in [0.25, 0.3) is 0 Å². The molecule has 0 saturated carbocycles. The van der Waals surface area contributed by atoms with Crippen molar-refractivity contribution in [3.63, 3.8) is 0 Å². The Balaban J connectivity index is 2.51. The van der Waals surface area contributed by atoms with Gasteiger partial charge in [0.2, 0.25) is 0 Å². The van der Waals surface area contributed by atoms with Gasteiger partial charge in [0.05, 0.1) is 5.69 Å². The summed E-state index contributed by atoms with van der Waals surface area (Å²) >= 11 is 0. The summed E-state index contributed by atoms with van der Waals surface area (Å²) in [4.78, 5) is 4.53. The summed E-state index contributed by atoms with van der Waals surface area (Å²) in [5.74, 6) is 2.73. The third kappa shape index (κ3) is 4.25. The number of terminal acetylenes is 1. The highest BCUT2D eigenvalue weighted by atomic mass is 14.7. The Hall–Kier alpha value is -3.11. The molecule has 0 N–H and O–H groups in total. The Labute approximate surface area is 151 Å². The maximum Gasteiger partial charge on any atom is 0.0710 e. The molecule has 0 saturated heterocycles. The van der Waals surface area contributed by atoms with Crippen LogP contribution in [0, 0.1) is 19.3 Å². The van der Waals surface area contributed by atoms with E-state index in [1.165, 1.54) is 5.56 Å². The molecule has 25 heavy (non-hydrogen) atoms. The van der Waals surface area contributed by atoms with Crippen LogP contribution in [0.15, 0.2) is 84.6 Å². The number of aryl methyl sites for hydroxylation is 1. The minimum Gasteiger partial charge on any atom is -0.256 e. The normalized spacial score (nSPS) is 12.6. The fourth-order valence-corrected chi connectivity index (χ4v) is 2.70. The Kier molecular flexibility index (Phi) is 6.32. The Morgan fingerprint density at radius 1 is 1.16 bits per heavy atom. The van der Waals surface area contributed by atoms with E-state index in [1.807, 2.05) is 56.5 Å². The zero-order chi connectivity index (χ0) is 18.2. The largest absolute Gasteiger partial charge is 0.256 e. The highest BCUT2D eigenvalue weighted by Gasteiger charge is 2.07. The second-order valence-electron chi connectivity index (χ2n) is 5.64. The molecule has 0 aliphatic rings. The lowest BCUT2D eigenvalue weighted by Gasteiger charge is -2.09. The molecule has 0 fully saturated rings. The highest BCUT2D eigenvalue weighted by Crippen LogP contribution is 2.26. The van der Waals surface area contributed by atoms with E-state index < -0.39 is 0 Å². The van der Waals surface area contributed by atoms with Crippen LogP contribution in [-0.4, -0.2) is 4.98 Å². The first kappa shape index (κ1) is 18.2. The summed E-state index contributed by atoms with van der Waals surface area (Å²) in [6.45, 7) is 10.00. The zero-order valence-corrected chi connectivity index (χ0v) is 15.1. The van der Waals surface area contributed by atoms with Crippen LogP contribution in [0.3, 0.4) is 0 Å². The number of rotatable bonds is 5. The highest BCUT2D eigenvalue weighted by molar-refractivity contribution is 5.79. The van der Waals surface area contributed by atoms with Crippen LogP contribution in [0.1, 0.15) is 25.0 Å². The second-order valence-corrected chi connectivity index (χ2v) is 5.64. The van der Waals surface area contributed by atoms with Crippen LogP contribution >= 0.6 is 0 Å². The average molecular weight is 325 g/mol. The van der Waals surface area contributed by atoms with Crippen molar-refractivity contribution >= 4 is 5.57 Å². The summed E-state index contributed by atoms with van der Waals surface area (Å²) in [5, 5.41) is 0. The van der Waals surface area contributed by atoms with Gasteiger partial charge in [-0.3, -0.25) is 4.98 Å². The lowest BCUT2D eigenvalue weighted by atomic mass is 9.97. The van der Waals surface area contributed by atoms with Gasteiger partial charge < -0.3 is 0 Å². The van der Waals surface area contributed by atoms with Crippen molar-refractivity contribution in [3.8, 4) is 23.6 Å². The van der Waals surface area contributed by atoms with E-state index in [9.17, 15) is 0 Å². The Morgan fingerprint density at radius 2 is 1.92 bits per heavy atom.